The molecule has 1 N–H and O–H groups in total. The molecule has 2 aliphatic rings. The Kier molecular flexibility index (Phi) is 4.39. The van der Waals surface area contributed by atoms with Gasteiger partial charge in [0.05, 0.1) is 17.3 Å². The Labute approximate surface area is 128 Å². The molecule has 1 amide bonds. The van der Waals surface area contributed by atoms with Crippen LogP contribution in [0.2, 0.25) is 0 Å². The lowest BCUT2D eigenvalue weighted by Gasteiger charge is -2.29. The lowest BCUT2D eigenvalue weighted by molar-refractivity contribution is 0.0540. The van der Waals surface area contributed by atoms with E-state index in [1.54, 1.807) is 45.1 Å². The Morgan fingerprint density at radius 1 is 1.45 bits per heavy atom. The van der Waals surface area contributed by atoms with Crippen molar-refractivity contribution >= 4 is 12.3 Å². The molecule has 2 aliphatic heterocycles. The van der Waals surface area contributed by atoms with Gasteiger partial charge in [0, 0.05) is 25.7 Å². The van der Waals surface area contributed by atoms with Crippen molar-refractivity contribution in [3.05, 3.63) is 23.8 Å². The SMILES string of the molecule is CN1C=C(NC(=O)OC(C)(C)C)C2C=NN(CC(F)F)C2=C1. The van der Waals surface area contributed by atoms with Crippen LogP contribution in [-0.2, 0) is 4.74 Å². The Bertz CT molecular complexity index is 537. The molecule has 0 saturated carbocycles. The van der Waals surface area contributed by atoms with E-state index >= 15 is 0 Å². The standard InChI is InChI=1S/C14H20F2N4O2/c1-14(2,3)22-13(21)18-10-6-19(4)7-11-9(10)5-17-20(11)8-12(15)16/h5-7,9,12H,8H2,1-4H3,(H,18,21). The van der Waals surface area contributed by atoms with Gasteiger partial charge in [-0.1, -0.05) is 0 Å². The number of hydrogen-bond acceptors (Lipinski definition) is 5. The summed E-state index contributed by atoms with van der Waals surface area (Å²) >= 11 is 0. The third kappa shape index (κ3) is 3.96. The van der Waals surface area contributed by atoms with Crippen molar-refractivity contribution in [2.24, 2.45) is 11.0 Å². The highest BCUT2D eigenvalue weighted by atomic mass is 19.3. The number of nitrogens with zero attached hydrogens (tertiary/aromatic N) is 3. The van der Waals surface area contributed by atoms with Crippen LogP contribution in [0.5, 0.6) is 0 Å². The van der Waals surface area contributed by atoms with Gasteiger partial charge in [0.2, 0.25) is 0 Å². The molecule has 0 aromatic carbocycles. The normalized spacial score (nSPS) is 20.8. The van der Waals surface area contributed by atoms with E-state index in [9.17, 15) is 13.6 Å². The van der Waals surface area contributed by atoms with Crippen LogP contribution in [0.25, 0.3) is 0 Å². The van der Waals surface area contributed by atoms with Crippen LogP contribution in [0, 0.1) is 5.92 Å². The third-order valence-corrected chi connectivity index (χ3v) is 2.94. The summed E-state index contributed by atoms with van der Waals surface area (Å²) in [4.78, 5) is 13.6. The second-order valence-electron chi connectivity index (χ2n) is 6.15. The first-order valence-electron chi connectivity index (χ1n) is 6.91. The van der Waals surface area contributed by atoms with Crippen LogP contribution in [0.3, 0.4) is 0 Å². The average Bonchev–Trinajstić information content (AvgIpc) is 2.69. The number of hydrazone groups is 1. The van der Waals surface area contributed by atoms with Crippen LogP contribution < -0.4 is 5.32 Å². The zero-order chi connectivity index (χ0) is 16.5. The molecule has 2 heterocycles. The monoisotopic (exact) mass is 314 g/mol. The average molecular weight is 314 g/mol. The van der Waals surface area contributed by atoms with Gasteiger partial charge in [-0.05, 0) is 20.8 Å². The van der Waals surface area contributed by atoms with E-state index in [1.807, 2.05) is 0 Å². The second-order valence-corrected chi connectivity index (χ2v) is 6.15. The van der Waals surface area contributed by atoms with E-state index in [0.717, 1.165) is 0 Å². The predicted molar refractivity (Wildman–Crippen MR) is 78.0 cm³/mol. The van der Waals surface area contributed by atoms with Gasteiger partial charge in [0.1, 0.15) is 12.1 Å². The number of hydrogen-bond donors (Lipinski definition) is 1. The number of fused-ring (bicyclic) bond motifs is 1. The number of amides is 1. The first-order chi connectivity index (χ1) is 10.2. The summed E-state index contributed by atoms with van der Waals surface area (Å²) in [5, 5.41) is 7.90. The minimum absolute atomic E-state index is 0.359. The topological polar surface area (TPSA) is 57.2 Å². The van der Waals surface area contributed by atoms with Gasteiger partial charge in [0.25, 0.3) is 6.43 Å². The van der Waals surface area contributed by atoms with Gasteiger partial charge in [-0.25, -0.2) is 13.6 Å². The van der Waals surface area contributed by atoms with Crippen molar-refractivity contribution in [1.82, 2.24) is 15.2 Å². The van der Waals surface area contributed by atoms with E-state index < -0.39 is 24.7 Å². The minimum Gasteiger partial charge on any atom is -0.444 e. The maximum atomic E-state index is 12.6. The molecule has 0 saturated heterocycles. The fourth-order valence-corrected chi connectivity index (χ4v) is 2.20. The summed E-state index contributed by atoms with van der Waals surface area (Å²) in [5.74, 6) is -0.359. The van der Waals surface area contributed by atoms with E-state index in [2.05, 4.69) is 10.4 Å². The van der Waals surface area contributed by atoms with Crippen LogP contribution >= 0.6 is 0 Å². The molecular weight excluding hydrogens is 294 g/mol. The highest BCUT2D eigenvalue weighted by Gasteiger charge is 2.33. The van der Waals surface area contributed by atoms with Crippen LogP contribution in [0.4, 0.5) is 13.6 Å². The summed E-state index contributed by atoms with van der Waals surface area (Å²) < 4.78 is 30.4. The van der Waals surface area contributed by atoms with Crippen LogP contribution in [0.15, 0.2) is 28.9 Å². The number of carbonyl (C=O) groups is 1. The summed E-state index contributed by atoms with van der Waals surface area (Å²) in [6.07, 6.45) is 1.87. The summed E-state index contributed by atoms with van der Waals surface area (Å²) in [7, 11) is 1.75. The molecule has 0 spiro atoms. The molecular formula is C14H20F2N4O2. The van der Waals surface area contributed by atoms with E-state index in [0.29, 0.717) is 11.4 Å². The Morgan fingerprint density at radius 2 is 2.14 bits per heavy atom. The minimum atomic E-state index is -2.49. The van der Waals surface area contributed by atoms with Crippen molar-refractivity contribution in [3.63, 3.8) is 0 Å². The number of halogens is 2. The molecule has 22 heavy (non-hydrogen) atoms. The van der Waals surface area contributed by atoms with Gasteiger partial charge in [-0.2, -0.15) is 5.10 Å². The highest BCUT2D eigenvalue weighted by molar-refractivity contribution is 5.77. The molecule has 8 heteroatoms. The summed E-state index contributed by atoms with van der Waals surface area (Å²) in [6, 6.07) is 0. The number of rotatable bonds is 3. The quantitative estimate of drug-likeness (QED) is 0.868. The lowest BCUT2D eigenvalue weighted by atomic mass is 10.0. The molecule has 0 fully saturated rings. The largest absolute Gasteiger partial charge is 0.444 e. The summed E-state index contributed by atoms with van der Waals surface area (Å²) in [6.45, 7) is 4.81. The highest BCUT2D eigenvalue weighted by Crippen LogP contribution is 2.31. The van der Waals surface area contributed by atoms with E-state index in [1.165, 1.54) is 11.2 Å². The smallest absolute Gasteiger partial charge is 0.411 e. The van der Waals surface area contributed by atoms with Gasteiger partial charge in [-0.3, -0.25) is 10.3 Å². The molecule has 0 aliphatic carbocycles. The first-order valence-corrected chi connectivity index (χ1v) is 6.91. The van der Waals surface area contributed by atoms with Crippen molar-refractivity contribution in [2.75, 3.05) is 13.6 Å². The number of carbonyl (C=O) groups excluding carboxylic acids is 1. The van der Waals surface area contributed by atoms with Crippen LogP contribution in [-0.4, -0.2) is 47.8 Å². The fourth-order valence-electron chi connectivity index (χ4n) is 2.20. The number of ether oxygens (including phenoxy) is 1. The van der Waals surface area contributed by atoms with Crippen LogP contribution in [0.1, 0.15) is 20.8 Å². The molecule has 0 bridgehead atoms. The molecule has 6 nitrogen and oxygen atoms in total. The van der Waals surface area contributed by atoms with Gasteiger partial charge in [-0.15, -0.1) is 0 Å². The molecule has 122 valence electrons. The summed E-state index contributed by atoms with van der Waals surface area (Å²) in [5.41, 5.74) is 0.515. The van der Waals surface area contributed by atoms with Crippen molar-refractivity contribution in [3.8, 4) is 0 Å². The lowest BCUT2D eigenvalue weighted by Crippen LogP contribution is -2.37. The zero-order valence-corrected chi connectivity index (χ0v) is 13.0. The second kappa shape index (κ2) is 5.94. The maximum Gasteiger partial charge on any atom is 0.411 e. The van der Waals surface area contributed by atoms with E-state index in [-0.39, 0.29) is 5.92 Å². The Hall–Kier alpha value is -2.12. The maximum absolute atomic E-state index is 12.6. The first kappa shape index (κ1) is 16.3. The molecule has 1 unspecified atom stereocenters. The fraction of sp³-hybridized carbons (Fsp3) is 0.571. The van der Waals surface area contributed by atoms with Gasteiger partial charge in [0.15, 0.2) is 0 Å². The molecule has 2 rings (SSSR count). The van der Waals surface area contributed by atoms with E-state index in [4.69, 9.17) is 4.74 Å². The molecule has 0 aromatic heterocycles. The van der Waals surface area contributed by atoms with Crippen molar-refractivity contribution in [1.29, 1.82) is 0 Å². The van der Waals surface area contributed by atoms with Crippen molar-refractivity contribution < 1.29 is 18.3 Å². The Balaban J connectivity index is 2.09. The molecule has 0 radical (unpaired) electrons. The number of alkyl halides is 2. The zero-order valence-electron chi connectivity index (χ0n) is 13.0. The van der Waals surface area contributed by atoms with Gasteiger partial charge < -0.3 is 9.64 Å². The molecule has 1 atom stereocenters. The van der Waals surface area contributed by atoms with Gasteiger partial charge >= 0.3 is 6.09 Å². The predicted octanol–water partition coefficient (Wildman–Crippen LogP) is 2.32. The Morgan fingerprint density at radius 3 is 2.73 bits per heavy atom. The molecule has 0 aromatic rings. The third-order valence-electron chi connectivity index (χ3n) is 2.94. The number of nitrogens with one attached hydrogen (secondary N) is 1. The number of alkyl carbamates (subject to hydrolysis) is 1. The van der Waals surface area contributed by atoms with Crippen molar-refractivity contribution in [2.45, 2.75) is 32.8 Å².